The van der Waals surface area contributed by atoms with Gasteiger partial charge in [0, 0.05) is 12.5 Å². The molecule has 0 radical (unpaired) electrons. The van der Waals surface area contributed by atoms with Gasteiger partial charge in [-0.3, -0.25) is 9.36 Å². The van der Waals surface area contributed by atoms with Crippen molar-refractivity contribution in [3.8, 4) is 0 Å². The number of ketones is 1. The van der Waals surface area contributed by atoms with Gasteiger partial charge in [0.1, 0.15) is 5.78 Å². The second-order valence-corrected chi connectivity index (χ2v) is 5.64. The summed E-state index contributed by atoms with van der Waals surface area (Å²) in [4.78, 5) is 23.4. The van der Waals surface area contributed by atoms with E-state index in [2.05, 4.69) is 10.2 Å². The van der Waals surface area contributed by atoms with Crippen LogP contribution in [0, 0.1) is 5.92 Å². The number of rotatable bonds is 6. The molecule has 1 N–H and O–H groups in total. The number of aromatic amines is 1. The third kappa shape index (κ3) is 3.04. The van der Waals surface area contributed by atoms with Crippen molar-refractivity contribution in [2.45, 2.75) is 50.7 Å². The lowest BCUT2D eigenvalue weighted by molar-refractivity contribution is -0.120. The molecule has 0 aliphatic heterocycles. The quantitative estimate of drug-likeness (QED) is 0.800. The molecule has 1 aromatic rings. The van der Waals surface area contributed by atoms with Crippen LogP contribution in [0.3, 0.4) is 0 Å². The predicted molar refractivity (Wildman–Crippen MR) is 70.8 cm³/mol. The Morgan fingerprint density at radius 1 is 1.50 bits per heavy atom. The van der Waals surface area contributed by atoms with Crippen molar-refractivity contribution in [1.82, 2.24) is 14.8 Å². The van der Waals surface area contributed by atoms with Crippen LogP contribution in [0.25, 0.3) is 0 Å². The molecule has 1 aliphatic carbocycles. The van der Waals surface area contributed by atoms with E-state index in [1.807, 2.05) is 6.92 Å². The number of nitrogens with zero attached hydrogens (tertiary/aromatic N) is 2. The largest absolute Gasteiger partial charge is 0.343 e. The summed E-state index contributed by atoms with van der Waals surface area (Å²) < 4.78 is 1.60. The zero-order chi connectivity index (χ0) is 13.0. The lowest BCUT2D eigenvalue weighted by Gasteiger charge is -2.07. The highest BCUT2D eigenvalue weighted by Crippen LogP contribution is 2.27. The van der Waals surface area contributed by atoms with Crippen molar-refractivity contribution < 1.29 is 4.79 Å². The first-order valence-electron chi connectivity index (χ1n) is 6.53. The Morgan fingerprint density at radius 2 is 2.22 bits per heavy atom. The van der Waals surface area contributed by atoms with E-state index in [1.165, 1.54) is 24.6 Å². The maximum atomic E-state index is 11.9. The smallest absolute Gasteiger partial charge is 0.298 e. The van der Waals surface area contributed by atoms with E-state index >= 15 is 0 Å². The lowest BCUT2D eigenvalue weighted by Crippen LogP contribution is -2.18. The lowest BCUT2D eigenvalue weighted by atomic mass is 10.0. The zero-order valence-electron chi connectivity index (χ0n) is 10.6. The number of nitrogens with one attached hydrogen (secondary N) is 1. The van der Waals surface area contributed by atoms with Crippen molar-refractivity contribution in [3.63, 3.8) is 0 Å². The second-order valence-electron chi connectivity index (χ2n) is 4.70. The van der Waals surface area contributed by atoms with Crippen LogP contribution in [0.5, 0.6) is 0 Å². The van der Waals surface area contributed by atoms with Gasteiger partial charge in [0.25, 0.3) is 0 Å². The Hall–Kier alpha value is -1.04. The van der Waals surface area contributed by atoms with Gasteiger partial charge in [0.05, 0.1) is 5.75 Å². The minimum absolute atomic E-state index is 0.187. The molecule has 0 aromatic carbocycles. The Morgan fingerprint density at radius 3 is 2.89 bits per heavy atom. The number of Topliss-reactive ketones (excluding diaryl/α,β-unsaturated/α-hetero) is 1. The molecule has 2 rings (SSSR count). The number of carbonyl (C=O) groups is 1. The molecule has 0 amide bonds. The molecule has 1 aromatic heterocycles. The van der Waals surface area contributed by atoms with Crippen LogP contribution >= 0.6 is 11.8 Å². The first-order chi connectivity index (χ1) is 8.72. The van der Waals surface area contributed by atoms with Crippen LogP contribution < -0.4 is 5.69 Å². The SMILES string of the molecule is CCCn1c(SCC(=O)C2CCCC2)n[nH]c1=O. The molecule has 0 atom stereocenters. The molecular weight excluding hydrogens is 250 g/mol. The summed E-state index contributed by atoms with van der Waals surface area (Å²) in [7, 11) is 0. The summed E-state index contributed by atoms with van der Waals surface area (Å²) in [6.07, 6.45) is 5.28. The summed E-state index contributed by atoms with van der Waals surface area (Å²) >= 11 is 1.37. The fraction of sp³-hybridized carbons (Fsp3) is 0.750. The van der Waals surface area contributed by atoms with Gasteiger partial charge in [-0.05, 0) is 19.3 Å². The van der Waals surface area contributed by atoms with Crippen LogP contribution in [-0.4, -0.2) is 26.3 Å². The normalized spacial score (nSPS) is 16.3. The first kappa shape index (κ1) is 13.4. The maximum Gasteiger partial charge on any atom is 0.343 e. The van der Waals surface area contributed by atoms with Gasteiger partial charge in [-0.25, -0.2) is 9.89 Å². The van der Waals surface area contributed by atoms with Gasteiger partial charge in [0.2, 0.25) is 0 Å². The number of hydrogen-bond acceptors (Lipinski definition) is 4. The third-order valence-corrected chi connectivity index (χ3v) is 4.32. The van der Waals surface area contributed by atoms with Crippen molar-refractivity contribution in [2.75, 3.05) is 5.75 Å². The van der Waals surface area contributed by atoms with E-state index in [4.69, 9.17) is 0 Å². The third-order valence-electron chi connectivity index (χ3n) is 3.32. The molecule has 6 heteroatoms. The van der Waals surface area contributed by atoms with Crippen LogP contribution in [0.2, 0.25) is 0 Å². The van der Waals surface area contributed by atoms with Crippen LogP contribution in [0.1, 0.15) is 39.0 Å². The Bertz CT molecular complexity index is 460. The number of H-pyrrole nitrogens is 1. The van der Waals surface area contributed by atoms with Crippen molar-refractivity contribution in [3.05, 3.63) is 10.5 Å². The maximum absolute atomic E-state index is 11.9. The Balaban J connectivity index is 1.93. The molecule has 1 heterocycles. The van der Waals surface area contributed by atoms with Gasteiger partial charge in [-0.15, -0.1) is 5.10 Å². The van der Waals surface area contributed by atoms with Gasteiger partial charge < -0.3 is 0 Å². The molecule has 0 bridgehead atoms. The van der Waals surface area contributed by atoms with Crippen molar-refractivity contribution >= 4 is 17.5 Å². The minimum Gasteiger partial charge on any atom is -0.298 e. The average molecular weight is 269 g/mol. The predicted octanol–water partition coefficient (Wildman–Crippen LogP) is 1.83. The van der Waals surface area contributed by atoms with E-state index in [-0.39, 0.29) is 11.6 Å². The summed E-state index contributed by atoms with van der Waals surface area (Å²) in [5.74, 6) is 0.970. The van der Waals surface area contributed by atoms with Gasteiger partial charge >= 0.3 is 5.69 Å². The molecular formula is C12H19N3O2S. The van der Waals surface area contributed by atoms with Gasteiger partial charge in [-0.1, -0.05) is 31.5 Å². The Kier molecular flexibility index (Phi) is 4.63. The molecule has 1 aliphatic rings. The molecule has 0 saturated heterocycles. The summed E-state index contributed by atoms with van der Waals surface area (Å²) in [6.45, 7) is 2.66. The second kappa shape index (κ2) is 6.22. The van der Waals surface area contributed by atoms with E-state index in [1.54, 1.807) is 4.57 Å². The van der Waals surface area contributed by atoms with E-state index < -0.39 is 0 Å². The number of carbonyl (C=O) groups excluding carboxylic acids is 1. The Labute approximate surface area is 110 Å². The van der Waals surface area contributed by atoms with Crippen LogP contribution in [0.4, 0.5) is 0 Å². The van der Waals surface area contributed by atoms with E-state index in [9.17, 15) is 9.59 Å². The fourth-order valence-corrected chi connectivity index (χ4v) is 3.28. The highest BCUT2D eigenvalue weighted by atomic mass is 32.2. The fourth-order valence-electron chi connectivity index (χ4n) is 2.34. The molecule has 0 unspecified atom stereocenters. The van der Waals surface area contributed by atoms with E-state index in [0.29, 0.717) is 23.2 Å². The zero-order valence-corrected chi connectivity index (χ0v) is 11.5. The molecule has 1 saturated carbocycles. The molecule has 18 heavy (non-hydrogen) atoms. The van der Waals surface area contributed by atoms with Crippen LogP contribution in [0.15, 0.2) is 9.95 Å². The number of hydrogen-bond donors (Lipinski definition) is 1. The monoisotopic (exact) mass is 269 g/mol. The van der Waals surface area contributed by atoms with Crippen molar-refractivity contribution in [2.24, 2.45) is 5.92 Å². The summed E-state index contributed by atoms with van der Waals surface area (Å²) in [5.41, 5.74) is -0.187. The van der Waals surface area contributed by atoms with E-state index in [0.717, 1.165) is 19.3 Å². The molecule has 5 nitrogen and oxygen atoms in total. The summed E-state index contributed by atoms with van der Waals surface area (Å²) in [5, 5.41) is 7.04. The number of thioether (sulfide) groups is 1. The number of aromatic nitrogens is 3. The van der Waals surface area contributed by atoms with Crippen molar-refractivity contribution in [1.29, 1.82) is 0 Å². The van der Waals surface area contributed by atoms with Gasteiger partial charge in [-0.2, -0.15) is 0 Å². The highest BCUT2D eigenvalue weighted by Gasteiger charge is 2.23. The standard InChI is InChI=1S/C12H19N3O2S/c1-2-7-15-11(17)13-14-12(15)18-8-10(16)9-5-3-4-6-9/h9H,2-8H2,1H3,(H,13,17). The first-order valence-corrected chi connectivity index (χ1v) is 7.51. The average Bonchev–Trinajstić information content (AvgIpc) is 2.99. The highest BCUT2D eigenvalue weighted by molar-refractivity contribution is 7.99. The van der Waals surface area contributed by atoms with Crippen LogP contribution in [-0.2, 0) is 11.3 Å². The topological polar surface area (TPSA) is 67.8 Å². The molecule has 0 spiro atoms. The molecule has 100 valence electrons. The minimum atomic E-state index is -0.187. The summed E-state index contributed by atoms with van der Waals surface area (Å²) in [6, 6.07) is 0. The molecule has 1 fully saturated rings. The van der Waals surface area contributed by atoms with Gasteiger partial charge in [0.15, 0.2) is 5.16 Å².